The molecule has 4 rings (SSSR count). The van der Waals surface area contributed by atoms with Gasteiger partial charge in [-0.05, 0) is 59.5 Å². The van der Waals surface area contributed by atoms with Crippen LogP contribution in [-0.4, -0.2) is 17.8 Å². The van der Waals surface area contributed by atoms with E-state index in [2.05, 4.69) is 37.2 Å². The third-order valence-corrected chi connectivity index (χ3v) is 7.24. The van der Waals surface area contributed by atoms with Crippen LogP contribution in [0.4, 0.5) is 10.5 Å². The molecule has 0 atom stereocenters. The summed E-state index contributed by atoms with van der Waals surface area (Å²) >= 11 is 19.1. The molecule has 0 aliphatic carbocycles. The lowest BCUT2D eigenvalue weighted by atomic mass is 10.0. The summed E-state index contributed by atoms with van der Waals surface area (Å²) in [4.78, 5) is 38.7. The highest BCUT2D eigenvalue weighted by Gasteiger charge is 2.37. The molecule has 3 aromatic carbocycles. The molecule has 1 heterocycles. The molecule has 33 heavy (non-hydrogen) atoms. The summed E-state index contributed by atoms with van der Waals surface area (Å²) in [7, 11) is 0. The maximum Gasteiger partial charge on any atom is 0.335 e. The zero-order valence-electron chi connectivity index (χ0n) is 16.7. The minimum atomic E-state index is -0.856. The molecule has 0 aromatic heterocycles. The molecule has 1 aliphatic heterocycles. The SMILES string of the molecule is O=C1NC(=O)N(c2ccc(Cl)c(Cl)c2)C(=O)/C1=C/c1ccc(Cc2ccccc2Br)c(Br)c1. The largest absolute Gasteiger partial charge is 0.335 e. The first-order chi connectivity index (χ1) is 15.7. The number of hydrogen-bond acceptors (Lipinski definition) is 3. The summed E-state index contributed by atoms with van der Waals surface area (Å²) in [5.74, 6) is -1.52. The second-order valence-corrected chi connectivity index (χ2v) is 9.70. The van der Waals surface area contributed by atoms with Crippen molar-refractivity contribution in [3.63, 3.8) is 0 Å². The molecule has 0 radical (unpaired) electrons. The van der Waals surface area contributed by atoms with Crippen molar-refractivity contribution in [2.75, 3.05) is 4.90 Å². The van der Waals surface area contributed by atoms with E-state index in [0.717, 1.165) is 25.0 Å². The Morgan fingerprint density at radius 3 is 2.27 bits per heavy atom. The predicted molar refractivity (Wildman–Crippen MR) is 137 cm³/mol. The van der Waals surface area contributed by atoms with Crippen LogP contribution in [0.15, 0.2) is 75.2 Å². The summed E-state index contributed by atoms with van der Waals surface area (Å²) in [5.41, 5.74) is 2.82. The molecular formula is C24H14Br2Cl2N2O3. The van der Waals surface area contributed by atoms with Crippen LogP contribution in [0.3, 0.4) is 0 Å². The van der Waals surface area contributed by atoms with Crippen LogP contribution in [0.5, 0.6) is 0 Å². The Balaban J connectivity index is 1.64. The Bertz CT molecular complexity index is 1340. The molecule has 1 saturated heterocycles. The van der Waals surface area contributed by atoms with E-state index in [1.165, 1.54) is 24.3 Å². The first-order valence-electron chi connectivity index (χ1n) is 9.63. The van der Waals surface area contributed by atoms with Gasteiger partial charge in [-0.15, -0.1) is 0 Å². The van der Waals surface area contributed by atoms with E-state index < -0.39 is 17.8 Å². The van der Waals surface area contributed by atoms with Gasteiger partial charge in [-0.3, -0.25) is 14.9 Å². The fourth-order valence-corrected chi connectivity index (χ4v) is 4.58. The zero-order chi connectivity index (χ0) is 23.7. The molecule has 9 heteroatoms. The zero-order valence-corrected chi connectivity index (χ0v) is 21.4. The molecule has 1 aliphatic rings. The summed E-state index contributed by atoms with van der Waals surface area (Å²) in [6, 6.07) is 17.0. The number of nitrogens with one attached hydrogen (secondary N) is 1. The van der Waals surface area contributed by atoms with E-state index in [1.54, 1.807) is 0 Å². The number of nitrogens with zero attached hydrogens (tertiary/aromatic N) is 1. The van der Waals surface area contributed by atoms with Crippen molar-refractivity contribution < 1.29 is 14.4 Å². The molecule has 0 spiro atoms. The predicted octanol–water partition coefficient (Wildman–Crippen LogP) is 6.78. The maximum absolute atomic E-state index is 13.1. The summed E-state index contributed by atoms with van der Waals surface area (Å²) in [6.45, 7) is 0. The minimum absolute atomic E-state index is 0.175. The number of carbonyl (C=O) groups excluding carboxylic acids is 3. The van der Waals surface area contributed by atoms with Crippen LogP contribution in [0, 0.1) is 0 Å². The molecule has 4 amide bonds. The van der Waals surface area contributed by atoms with Gasteiger partial charge >= 0.3 is 6.03 Å². The lowest BCUT2D eigenvalue weighted by Gasteiger charge is -2.26. The van der Waals surface area contributed by atoms with E-state index >= 15 is 0 Å². The molecule has 1 fully saturated rings. The monoisotopic (exact) mass is 606 g/mol. The first-order valence-corrected chi connectivity index (χ1v) is 12.0. The fourth-order valence-electron chi connectivity index (χ4n) is 3.33. The standard InChI is InChI=1S/C24H14Br2Cl2N2O3/c25-18-4-2-1-3-14(18)11-15-6-5-13(10-19(15)26)9-17-22(31)29-24(33)30(23(17)32)16-7-8-20(27)21(28)12-16/h1-10,12H,11H2,(H,29,31,33)/b17-9+. The number of amides is 4. The number of benzene rings is 3. The van der Waals surface area contributed by atoms with Crippen molar-refractivity contribution in [1.29, 1.82) is 0 Å². The quantitative estimate of drug-likeness (QED) is 0.262. The van der Waals surface area contributed by atoms with Gasteiger partial charge in [-0.2, -0.15) is 0 Å². The Labute approximate surface area is 216 Å². The highest BCUT2D eigenvalue weighted by atomic mass is 79.9. The van der Waals surface area contributed by atoms with E-state index in [4.69, 9.17) is 23.2 Å². The third kappa shape index (κ3) is 5.06. The second-order valence-electron chi connectivity index (χ2n) is 7.18. The van der Waals surface area contributed by atoms with Crippen molar-refractivity contribution in [2.24, 2.45) is 0 Å². The average Bonchev–Trinajstić information content (AvgIpc) is 2.76. The van der Waals surface area contributed by atoms with E-state index in [0.29, 0.717) is 12.0 Å². The van der Waals surface area contributed by atoms with Gasteiger partial charge in [-0.25, -0.2) is 9.69 Å². The van der Waals surface area contributed by atoms with Crippen molar-refractivity contribution in [3.05, 3.63) is 102 Å². The fraction of sp³-hybridized carbons (Fsp3) is 0.0417. The number of barbiturate groups is 1. The number of rotatable bonds is 4. The molecule has 5 nitrogen and oxygen atoms in total. The highest BCUT2D eigenvalue weighted by Crippen LogP contribution is 2.30. The number of carbonyl (C=O) groups is 3. The van der Waals surface area contributed by atoms with Crippen LogP contribution in [0.2, 0.25) is 10.0 Å². The molecule has 166 valence electrons. The van der Waals surface area contributed by atoms with Gasteiger partial charge in [0.2, 0.25) is 0 Å². The van der Waals surface area contributed by atoms with Gasteiger partial charge < -0.3 is 0 Å². The van der Waals surface area contributed by atoms with Crippen molar-refractivity contribution in [2.45, 2.75) is 6.42 Å². The number of urea groups is 1. The Hall–Kier alpha value is -2.45. The van der Waals surface area contributed by atoms with Crippen LogP contribution in [0.25, 0.3) is 6.08 Å². The second kappa shape index (κ2) is 9.81. The lowest BCUT2D eigenvalue weighted by molar-refractivity contribution is -0.122. The average molecular weight is 609 g/mol. The number of anilines is 1. The van der Waals surface area contributed by atoms with Crippen LogP contribution in [-0.2, 0) is 16.0 Å². The van der Waals surface area contributed by atoms with Crippen LogP contribution >= 0.6 is 55.1 Å². The molecule has 1 N–H and O–H groups in total. The topological polar surface area (TPSA) is 66.5 Å². The highest BCUT2D eigenvalue weighted by molar-refractivity contribution is 9.10. The van der Waals surface area contributed by atoms with Gasteiger partial charge in [0.1, 0.15) is 5.57 Å². The molecular weight excluding hydrogens is 595 g/mol. The van der Waals surface area contributed by atoms with Gasteiger partial charge in [0.15, 0.2) is 0 Å². The summed E-state index contributed by atoms with van der Waals surface area (Å²) in [5, 5.41) is 2.66. The Morgan fingerprint density at radius 1 is 0.848 bits per heavy atom. The van der Waals surface area contributed by atoms with Gasteiger partial charge in [0.25, 0.3) is 11.8 Å². The summed E-state index contributed by atoms with van der Waals surface area (Å²) < 4.78 is 1.84. The molecule has 0 saturated carbocycles. The summed E-state index contributed by atoms with van der Waals surface area (Å²) in [6.07, 6.45) is 2.14. The minimum Gasteiger partial charge on any atom is -0.273 e. The molecule has 3 aromatic rings. The van der Waals surface area contributed by atoms with E-state index in [1.807, 2.05) is 42.5 Å². The number of halogens is 4. The van der Waals surface area contributed by atoms with Crippen molar-refractivity contribution in [1.82, 2.24) is 5.32 Å². The molecule has 0 unspecified atom stereocenters. The normalized spacial score (nSPS) is 15.2. The Morgan fingerprint density at radius 2 is 1.58 bits per heavy atom. The third-order valence-electron chi connectivity index (χ3n) is 4.99. The van der Waals surface area contributed by atoms with Gasteiger partial charge in [0.05, 0.1) is 15.7 Å². The molecule has 0 bridgehead atoms. The maximum atomic E-state index is 13.1. The number of hydrogen-bond donors (Lipinski definition) is 1. The first kappa shape index (κ1) is 23.7. The van der Waals surface area contributed by atoms with E-state index in [9.17, 15) is 14.4 Å². The number of imide groups is 2. The van der Waals surface area contributed by atoms with Crippen LogP contribution < -0.4 is 10.2 Å². The van der Waals surface area contributed by atoms with Crippen molar-refractivity contribution >= 4 is 84.7 Å². The Kier molecular flexibility index (Phi) is 7.05. The van der Waals surface area contributed by atoms with Gasteiger partial charge in [0, 0.05) is 8.95 Å². The smallest absolute Gasteiger partial charge is 0.273 e. The van der Waals surface area contributed by atoms with Crippen LogP contribution in [0.1, 0.15) is 16.7 Å². The van der Waals surface area contributed by atoms with Crippen molar-refractivity contribution in [3.8, 4) is 0 Å². The van der Waals surface area contributed by atoms with Gasteiger partial charge in [-0.1, -0.05) is 85.4 Å². The lowest BCUT2D eigenvalue weighted by Crippen LogP contribution is -2.54. The van der Waals surface area contributed by atoms with E-state index in [-0.39, 0.29) is 21.3 Å².